The Morgan fingerprint density at radius 3 is 2.35 bits per heavy atom. The molecule has 0 unspecified atom stereocenters. The van der Waals surface area contributed by atoms with E-state index in [2.05, 4.69) is 20.6 Å². The molecule has 1 saturated carbocycles. The maximum Gasteiger partial charge on any atom is 0.252 e. The van der Waals surface area contributed by atoms with Gasteiger partial charge in [-0.25, -0.2) is 9.97 Å². The Morgan fingerprint density at radius 1 is 1.04 bits per heavy atom. The Labute approximate surface area is 153 Å². The van der Waals surface area contributed by atoms with Crippen LogP contribution in [0, 0.1) is 13.8 Å². The zero-order chi connectivity index (χ0) is 18.7. The summed E-state index contributed by atoms with van der Waals surface area (Å²) in [6.45, 7) is 6.27. The van der Waals surface area contributed by atoms with Gasteiger partial charge in [-0.3, -0.25) is 9.59 Å². The lowest BCUT2D eigenvalue weighted by atomic mass is 9.80. The maximum atomic E-state index is 12.9. The fourth-order valence-corrected chi connectivity index (χ4v) is 3.56. The van der Waals surface area contributed by atoms with Gasteiger partial charge >= 0.3 is 0 Å². The predicted molar refractivity (Wildman–Crippen MR) is 101 cm³/mol. The molecule has 0 radical (unpaired) electrons. The lowest BCUT2D eigenvalue weighted by Crippen LogP contribution is -2.59. The summed E-state index contributed by atoms with van der Waals surface area (Å²) in [5.74, 6) is -0.319. The van der Waals surface area contributed by atoms with Crippen LogP contribution in [0.5, 0.6) is 0 Å². The highest BCUT2D eigenvalue weighted by Gasteiger charge is 2.40. The van der Waals surface area contributed by atoms with E-state index in [4.69, 9.17) is 0 Å². The van der Waals surface area contributed by atoms with Crippen LogP contribution in [0.3, 0.4) is 0 Å². The molecule has 0 atom stereocenters. The number of aryl methyl sites for hydroxylation is 2. The minimum Gasteiger partial charge on any atom is -0.354 e. The van der Waals surface area contributed by atoms with Crippen LogP contribution in [0.15, 0.2) is 18.2 Å². The van der Waals surface area contributed by atoms with Gasteiger partial charge in [0.05, 0.1) is 22.4 Å². The minimum atomic E-state index is -0.810. The fraction of sp³-hybridized carbons (Fsp3) is 0.500. The Hall–Kier alpha value is -2.50. The summed E-state index contributed by atoms with van der Waals surface area (Å²) in [4.78, 5) is 34.5. The van der Waals surface area contributed by atoms with Gasteiger partial charge in [0, 0.05) is 12.1 Å². The molecule has 0 aliphatic heterocycles. The largest absolute Gasteiger partial charge is 0.354 e. The zero-order valence-corrected chi connectivity index (χ0v) is 15.7. The molecule has 1 fully saturated rings. The van der Waals surface area contributed by atoms with Crippen LogP contribution in [0.4, 0.5) is 0 Å². The number of likely N-dealkylation sites (N-methyl/N-ethyl adjacent to an activating group) is 1. The van der Waals surface area contributed by atoms with Crippen LogP contribution in [-0.2, 0) is 4.79 Å². The number of benzene rings is 1. The number of nitrogens with zero attached hydrogens (tertiary/aromatic N) is 2. The molecular formula is C20H26N4O2. The van der Waals surface area contributed by atoms with E-state index in [0.717, 1.165) is 36.2 Å². The number of hydrogen-bond acceptors (Lipinski definition) is 4. The summed E-state index contributed by atoms with van der Waals surface area (Å²) >= 11 is 0. The molecule has 6 nitrogen and oxygen atoms in total. The standard InChI is InChI=1S/C20H26N4O2/c1-4-21-19(26)20(10-6-5-7-11-20)24-18(25)15-8-9-16-17(12-15)23-14(3)13(2)22-16/h8-9,12H,4-7,10-11H2,1-3H3,(H,21,26)(H,24,25). The monoisotopic (exact) mass is 354 g/mol. The second-order valence-corrected chi connectivity index (χ2v) is 7.05. The second kappa shape index (κ2) is 7.40. The SMILES string of the molecule is CCNC(=O)C1(NC(=O)c2ccc3nc(C)c(C)nc3c2)CCCCC1. The summed E-state index contributed by atoms with van der Waals surface area (Å²) < 4.78 is 0. The molecule has 1 heterocycles. The molecule has 6 heteroatoms. The normalized spacial score (nSPS) is 16.3. The van der Waals surface area contributed by atoms with Gasteiger partial charge in [0.25, 0.3) is 5.91 Å². The lowest BCUT2D eigenvalue weighted by Gasteiger charge is -2.36. The van der Waals surface area contributed by atoms with E-state index in [-0.39, 0.29) is 11.8 Å². The van der Waals surface area contributed by atoms with Crippen molar-refractivity contribution in [2.24, 2.45) is 0 Å². The molecule has 0 saturated heterocycles. The maximum absolute atomic E-state index is 12.9. The Morgan fingerprint density at radius 2 is 1.69 bits per heavy atom. The summed E-state index contributed by atoms with van der Waals surface area (Å²) in [6, 6.07) is 5.30. The van der Waals surface area contributed by atoms with Crippen LogP contribution >= 0.6 is 0 Å². The van der Waals surface area contributed by atoms with Crippen molar-refractivity contribution in [3.63, 3.8) is 0 Å². The van der Waals surface area contributed by atoms with Crippen LogP contribution in [0.1, 0.15) is 60.8 Å². The number of amides is 2. The van der Waals surface area contributed by atoms with Crippen molar-refractivity contribution in [2.45, 2.75) is 58.4 Å². The van der Waals surface area contributed by atoms with Crippen molar-refractivity contribution >= 4 is 22.8 Å². The first kappa shape index (κ1) is 18.3. The van der Waals surface area contributed by atoms with Crippen molar-refractivity contribution in [3.05, 3.63) is 35.2 Å². The number of hydrogen-bond donors (Lipinski definition) is 2. The highest BCUT2D eigenvalue weighted by molar-refractivity contribution is 6.01. The van der Waals surface area contributed by atoms with Crippen LogP contribution in [0.25, 0.3) is 11.0 Å². The number of aromatic nitrogens is 2. The van der Waals surface area contributed by atoms with Gasteiger partial charge in [-0.2, -0.15) is 0 Å². The molecule has 2 aromatic rings. The third kappa shape index (κ3) is 3.54. The lowest BCUT2D eigenvalue weighted by molar-refractivity contribution is -0.128. The van der Waals surface area contributed by atoms with E-state index in [9.17, 15) is 9.59 Å². The third-order valence-corrected chi connectivity index (χ3v) is 5.17. The number of nitrogens with one attached hydrogen (secondary N) is 2. The minimum absolute atomic E-state index is 0.0832. The van der Waals surface area contributed by atoms with E-state index in [0.29, 0.717) is 30.5 Å². The molecule has 138 valence electrons. The number of carbonyl (C=O) groups excluding carboxylic acids is 2. The molecule has 1 aliphatic carbocycles. The number of rotatable bonds is 4. The van der Waals surface area contributed by atoms with Gasteiger partial charge in [-0.1, -0.05) is 19.3 Å². The quantitative estimate of drug-likeness (QED) is 0.884. The van der Waals surface area contributed by atoms with E-state index >= 15 is 0 Å². The van der Waals surface area contributed by atoms with E-state index < -0.39 is 5.54 Å². The molecule has 3 rings (SSSR count). The average molecular weight is 354 g/mol. The van der Waals surface area contributed by atoms with E-state index in [1.165, 1.54) is 0 Å². The molecule has 0 bridgehead atoms. The third-order valence-electron chi connectivity index (χ3n) is 5.17. The Kier molecular flexibility index (Phi) is 5.20. The number of carbonyl (C=O) groups is 2. The second-order valence-electron chi connectivity index (χ2n) is 7.05. The van der Waals surface area contributed by atoms with Crippen LogP contribution in [-0.4, -0.2) is 33.9 Å². The molecule has 2 amide bonds. The molecule has 2 N–H and O–H groups in total. The first-order valence-electron chi connectivity index (χ1n) is 9.31. The predicted octanol–water partition coefficient (Wildman–Crippen LogP) is 2.82. The van der Waals surface area contributed by atoms with Crippen molar-refractivity contribution in [2.75, 3.05) is 6.54 Å². The molecule has 1 aromatic carbocycles. The van der Waals surface area contributed by atoms with Gasteiger partial charge in [-0.05, 0) is 51.8 Å². The van der Waals surface area contributed by atoms with Gasteiger partial charge in [0.15, 0.2) is 0 Å². The first-order chi connectivity index (χ1) is 12.4. The van der Waals surface area contributed by atoms with Crippen molar-refractivity contribution in [3.8, 4) is 0 Å². The van der Waals surface area contributed by atoms with Gasteiger partial charge in [0.1, 0.15) is 5.54 Å². The average Bonchev–Trinajstić information content (AvgIpc) is 2.63. The highest BCUT2D eigenvalue weighted by Crippen LogP contribution is 2.29. The van der Waals surface area contributed by atoms with Crippen LogP contribution in [0.2, 0.25) is 0 Å². The molecule has 26 heavy (non-hydrogen) atoms. The number of fused-ring (bicyclic) bond motifs is 1. The zero-order valence-electron chi connectivity index (χ0n) is 15.7. The van der Waals surface area contributed by atoms with E-state index in [1.54, 1.807) is 12.1 Å². The molecular weight excluding hydrogens is 328 g/mol. The van der Waals surface area contributed by atoms with Gasteiger partial charge < -0.3 is 10.6 Å². The summed E-state index contributed by atoms with van der Waals surface area (Å²) in [5, 5.41) is 5.90. The van der Waals surface area contributed by atoms with Crippen molar-refractivity contribution < 1.29 is 9.59 Å². The Balaban J connectivity index is 1.88. The Bertz CT molecular complexity index is 841. The summed E-state index contributed by atoms with van der Waals surface area (Å²) in [7, 11) is 0. The van der Waals surface area contributed by atoms with Gasteiger partial charge in [0.2, 0.25) is 5.91 Å². The van der Waals surface area contributed by atoms with Crippen LogP contribution < -0.4 is 10.6 Å². The molecule has 1 aromatic heterocycles. The topological polar surface area (TPSA) is 84.0 Å². The highest BCUT2D eigenvalue weighted by atomic mass is 16.2. The summed E-state index contributed by atoms with van der Waals surface area (Å²) in [5.41, 5.74) is 2.88. The molecule has 0 spiro atoms. The first-order valence-corrected chi connectivity index (χ1v) is 9.31. The van der Waals surface area contributed by atoms with Gasteiger partial charge in [-0.15, -0.1) is 0 Å². The summed E-state index contributed by atoms with van der Waals surface area (Å²) in [6.07, 6.45) is 4.34. The van der Waals surface area contributed by atoms with Crippen molar-refractivity contribution in [1.82, 2.24) is 20.6 Å². The van der Waals surface area contributed by atoms with Crippen molar-refractivity contribution in [1.29, 1.82) is 0 Å². The fourth-order valence-electron chi connectivity index (χ4n) is 3.56. The van der Waals surface area contributed by atoms with E-state index in [1.807, 2.05) is 26.8 Å². The molecule has 1 aliphatic rings. The smallest absolute Gasteiger partial charge is 0.252 e.